The van der Waals surface area contributed by atoms with Gasteiger partial charge in [0.15, 0.2) is 5.78 Å². The largest absolute Gasteiger partial charge is 0.345 e. The van der Waals surface area contributed by atoms with Gasteiger partial charge in [-0.1, -0.05) is 27.7 Å². The first-order valence-electron chi connectivity index (χ1n) is 6.83. The highest BCUT2D eigenvalue weighted by atomic mass is 16.2. The van der Waals surface area contributed by atoms with Gasteiger partial charge < -0.3 is 10.6 Å². The number of hydrogen-bond donors (Lipinski definition) is 2. The Labute approximate surface area is 111 Å². The van der Waals surface area contributed by atoms with Crippen molar-refractivity contribution in [2.75, 3.05) is 13.6 Å². The van der Waals surface area contributed by atoms with Crippen LogP contribution in [0.1, 0.15) is 47.0 Å². The molecule has 0 saturated heterocycles. The van der Waals surface area contributed by atoms with Crippen LogP contribution in [0.3, 0.4) is 0 Å². The first-order chi connectivity index (χ1) is 8.36. The molecular weight excluding hydrogens is 228 g/mol. The summed E-state index contributed by atoms with van der Waals surface area (Å²) in [5.74, 6) is 0.903. The molecule has 0 aliphatic rings. The van der Waals surface area contributed by atoms with Crippen LogP contribution in [0, 0.1) is 11.8 Å². The molecule has 0 radical (unpaired) electrons. The smallest absolute Gasteiger partial charge is 0.220 e. The first-order valence-corrected chi connectivity index (χ1v) is 6.83. The molecule has 1 amide bonds. The molecular formula is C14H28N2O2. The molecule has 0 fully saturated rings. The summed E-state index contributed by atoms with van der Waals surface area (Å²) in [6.07, 6.45) is 1.88. The number of likely N-dealkylation sites (N-methyl/N-ethyl adjacent to an activating group) is 1. The lowest BCUT2D eigenvalue weighted by Gasteiger charge is -2.18. The van der Waals surface area contributed by atoms with Crippen LogP contribution in [-0.4, -0.2) is 31.3 Å². The molecule has 0 aromatic heterocycles. The van der Waals surface area contributed by atoms with Crippen molar-refractivity contribution in [2.24, 2.45) is 11.8 Å². The highest BCUT2D eigenvalue weighted by Crippen LogP contribution is 2.06. The van der Waals surface area contributed by atoms with Crippen LogP contribution in [0.25, 0.3) is 0 Å². The summed E-state index contributed by atoms with van der Waals surface area (Å²) in [4.78, 5) is 23.7. The molecule has 1 atom stereocenters. The summed E-state index contributed by atoms with van der Waals surface area (Å²) in [6.45, 7) is 8.68. The topological polar surface area (TPSA) is 58.2 Å². The summed E-state index contributed by atoms with van der Waals surface area (Å²) in [6, 6.07) is -0.389. The van der Waals surface area contributed by atoms with Gasteiger partial charge in [-0.3, -0.25) is 9.59 Å². The van der Waals surface area contributed by atoms with E-state index in [-0.39, 0.29) is 17.7 Å². The van der Waals surface area contributed by atoms with E-state index in [1.54, 1.807) is 7.05 Å². The Morgan fingerprint density at radius 3 is 2.11 bits per heavy atom. The fourth-order valence-corrected chi connectivity index (χ4v) is 1.68. The lowest BCUT2D eigenvalue weighted by molar-refractivity contribution is -0.128. The Kier molecular flexibility index (Phi) is 8.63. The van der Waals surface area contributed by atoms with Crippen LogP contribution in [0.15, 0.2) is 0 Å². The van der Waals surface area contributed by atoms with Gasteiger partial charge in [-0.2, -0.15) is 0 Å². The number of amides is 1. The molecule has 0 aromatic carbocycles. The fraction of sp³-hybridized carbons (Fsp3) is 0.857. The van der Waals surface area contributed by atoms with Gasteiger partial charge in [0.1, 0.15) is 0 Å². The Morgan fingerprint density at radius 2 is 1.67 bits per heavy atom. The quantitative estimate of drug-likeness (QED) is 0.660. The minimum absolute atomic E-state index is 0.0388. The number of carbonyl (C=O) groups excluding carboxylic acids is 2. The molecule has 4 nitrogen and oxygen atoms in total. The third-order valence-electron chi connectivity index (χ3n) is 2.69. The van der Waals surface area contributed by atoms with E-state index in [1.807, 2.05) is 13.8 Å². The average Bonchev–Trinajstić information content (AvgIpc) is 2.24. The van der Waals surface area contributed by atoms with Gasteiger partial charge in [0.2, 0.25) is 5.91 Å². The zero-order valence-electron chi connectivity index (χ0n) is 12.4. The third kappa shape index (κ3) is 8.23. The second-order valence-corrected chi connectivity index (χ2v) is 5.67. The normalized spacial score (nSPS) is 12.8. The molecule has 4 heteroatoms. The van der Waals surface area contributed by atoms with Gasteiger partial charge >= 0.3 is 0 Å². The van der Waals surface area contributed by atoms with Gasteiger partial charge in [-0.25, -0.2) is 0 Å². The lowest BCUT2D eigenvalue weighted by atomic mass is 10.0. The van der Waals surface area contributed by atoms with Crippen LogP contribution in [0.5, 0.6) is 0 Å². The summed E-state index contributed by atoms with van der Waals surface area (Å²) in [5.41, 5.74) is 0. The molecule has 0 aliphatic carbocycles. The van der Waals surface area contributed by atoms with Crippen molar-refractivity contribution in [3.8, 4) is 0 Å². The second-order valence-electron chi connectivity index (χ2n) is 5.67. The van der Waals surface area contributed by atoms with Gasteiger partial charge in [0.25, 0.3) is 0 Å². The number of ketones is 1. The minimum Gasteiger partial charge on any atom is -0.345 e. The van der Waals surface area contributed by atoms with E-state index >= 15 is 0 Å². The Hall–Kier alpha value is -0.900. The summed E-state index contributed by atoms with van der Waals surface area (Å²) in [7, 11) is 1.79. The molecule has 18 heavy (non-hydrogen) atoms. The Balaban J connectivity index is 4.27. The van der Waals surface area contributed by atoms with E-state index in [0.717, 1.165) is 6.42 Å². The highest BCUT2D eigenvalue weighted by molar-refractivity contribution is 5.89. The van der Waals surface area contributed by atoms with Crippen molar-refractivity contribution in [3.05, 3.63) is 0 Å². The maximum absolute atomic E-state index is 12.0. The van der Waals surface area contributed by atoms with E-state index in [2.05, 4.69) is 24.5 Å². The lowest BCUT2D eigenvalue weighted by Crippen LogP contribution is -2.46. The van der Waals surface area contributed by atoms with E-state index in [0.29, 0.717) is 31.2 Å². The van der Waals surface area contributed by atoms with Crippen molar-refractivity contribution >= 4 is 11.7 Å². The third-order valence-corrected chi connectivity index (χ3v) is 2.69. The highest BCUT2D eigenvalue weighted by Gasteiger charge is 2.20. The number of nitrogens with one attached hydrogen (secondary N) is 2. The molecule has 0 bridgehead atoms. The second kappa shape index (κ2) is 9.09. The number of Topliss-reactive ketones (excluding diaryl/α,β-unsaturated/α-hetero) is 1. The Bertz CT molecular complexity index is 263. The zero-order valence-corrected chi connectivity index (χ0v) is 12.4. The molecule has 0 spiro atoms. The molecule has 0 saturated carbocycles. The predicted octanol–water partition coefficient (Wildman–Crippen LogP) is 1.74. The van der Waals surface area contributed by atoms with E-state index in [9.17, 15) is 9.59 Å². The fourth-order valence-electron chi connectivity index (χ4n) is 1.68. The maximum Gasteiger partial charge on any atom is 0.220 e. The van der Waals surface area contributed by atoms with Crippen molar-refractivity contribution in [1.82, 2.24) is 10.6 Å². The molecule has 2 N–H and O–H groups in total. The van der Waals surface area contributed by atoms with Crippen LogP contribution in [0.2, 0.25) is 0 Å². The summed E-state index contributed by atoms with van der Waals surface area (Å²) >= 11 is 0. The molecule has 0 aliphatic heterocycles. The summed E-state index contributed by atoms with van der Waals surface area (Å²) < 4.78 is 0. The number of rotatable bonds is 9. The van der Waals surface area contributed by atoms with Crippen molar-refractivity contribution in [2.45, 2.75) is 53.0 Å². The van der Waals surface area contributed by atoms with Crippen molar-refractivity contribution in [1.29, 1.82) is 0 Å². The molecule has 0 rings (SSSR count). The van der Waals surface area contributed by atoms with E-state index < -0.39 is 0 Å². The van der Waals surface area contributed by atoms with Crippen LogP contribution >= 0.6 is 0 Å². The van der Waals surface area contributed by atoms with Gasteiger partial charge in [-0.05, 0) is 25.3 Å². The number of hydrogen-bond acceptors (Lipinski definition) is 3. The van der Waals surface area contributed by atoms with Gasteiger partial charge in [0.05, 0.1) is 6.04 Å². The summed E-state index contributed by atoms with van der Waals surface area (Å²) in [5, 5.41) is 5.78. The molecule has 106 valence electrons. The molecule has 1 unspecified atom stereocenters. The van der Waals surface area contributed by atoms with Crippen LogP contribution in [-0.2, 0) is 9.59 Å². The molecule has 0 aromatic rings. The van der Waals surface area contributed by atoms with Crippen molar-refractivity contribution in [3.63, 3.8) is 0 Å². The predicted molar refractivity (Wildman–Crippen MR) is 74.4 cm³/mol. The Morgan fingerprint density at radius 1 is 1.06 bits per heavy atom. The van der Waals surface area contributed by atoms with Crippen LogP contribution < -0.4 is 10.6 Å². The van der Waals surface area contributed by atoms with Gasteiger partial charge in [-0.15, -0.1) is 0 Å². The SMILES string of the molecule is CNCC(NC(=O)CC(C)C)C(=O)CCC(C)C. The average molecular weight is 256 g/mol. The van der Waals surface area contributed by atoms with Crippen LogP contribution in [0.4, 0.5) is 0 Å². The van der Waals surface area contributed by atoms with Crippen molar-refractivity contribution < 1.29 is 9.59 Å². The first kappa shape index (κ1) is 17.1. The van der Waals surface area contributed by atoms with E-state index in [1.165, 1.54) is 0 Å². The standard InChI is InChI=1S/C14H28N2O2/c1-10(2)6-7-13(17)12(9-15-5)16-14(18)8-11(3)4/h10-12,15H,6-9H2,1-5H3,(H,16,18). The number of carbonyl (C=O) groups is 2. The molecule has 0 heterocycles. The zero-order chi connectivity index (χ0) is 14.1. The van der Waals surface area contributed by atoms with E-state index in [4.69, 9.17) is 0 Å². The van der Waals surface area contributed by atoms with Gasteiger partial charge in [0, 0.05) is 19.4 Å². The minimum atomic E-state index is -0.389. The maximum atomic E-state index is 12.0. The monoisotopic (exact) mass is 256 g/mol.